The fraction of sp³-hybridized carbons (Fsp3) is 0.500. The molecule has 0 bridgehead atoms. The summed E-state index contributed by atoms with van der Waals surface area (Å²) in [6.45, 7) is 1.34. The molecule has 0 radical (unpaired) electrons. The molecule has 1 unspecified atom stereocenters. The maximum Gasteiger partial charge on any atom is 0.356 e. The van der Waals surface area contributed by atoms with Crippen LogP contribution in [-0.4, -0.2) is 48.6 Å². The molecule has 0 spiro atoms. The van der Waals surface area contributed by atoms with Gasteiger partial charge in [-0.15, -0.1) is 0 Å². The van der Waals surface area contributed by atoms with E-state index < -0.39 is 5.97 Å². The Morgan fingerprint density at radius 2 is 2.15 bits per heavy atom. The minimum atomic E-state index is -0.460. The van der Waals surface area contributed by atoms with Gasteiger partial charge in [-0.05, 0) is 31.5 Å². The first-order valence-electron chi connectivity index (χ1n) is 6.52. The van der Waals surface area contributed by atoms with Crippen LogP contribution in [0, 0.1) is 0 Å². The quantitative estimate of drug-likeness (QED) is 0.766. The second-order valence-electron chi connectivity index (χ2n) is 4.66. The average molecular weight is 278 g/mol. The largest absolute Gasteiger partial charge is 0.468 e. The van der Waals surface area contributed by atoms with Crippen LogP contribution in [0.25, 0.3) is 0 Å². The number of aromatic nitrogens is 1. The summed E-state index contributed by atoms with van der Waals surface area (Å²) in [7, 11) is 2.72. The topological polar surface area (TPSA) is 68.7 Å². The van der Waals surface area contributed by atoms with Crippen LogP contribution in [0.3, 0.4) is 0 Å². The number of hydrogen-bond donors (Lipinski definition) is 0. The number of hydrogen-bond acceptors (Lipinski definition) is 6. The zero-order valence-corrected chi connectivity index (χ0v) is 11.7. The van der Waals surface area contributed by atoms with Crippen molar-refractivity contribution in [2.75, 3.05) is 20.8 Å². The van der Waals surface area contributed by atoms with Gasteiger partial charge in [-0.3, -0.25) is 9.69 Å². The van der Waals surface area contributed by atoms with Crippen molar-refractivity contribution >= 4 is 11.9 Å². The van der Waals surface area contributed by atoms with Gasteiger partial charge in [-0.1, -0.05) is 6.07 Å². The van der Waals surface area contributed by atoms with E-state index in [1.807, 2.05) is 11.0 Å². The van der Waals surface area contributed by atoms with Gasteiger partial charge >= 0.3 is 11.9 Å². The minimum absolute atomic E-state index is 0.216. The number of pyridine rings is 1. The van der Waals surface area contributed by atoms with Crippen molar-refractivity contribution in [3.8, 4) is 0 Å². The lowest BCUT2D eigenvalue weighted by atomic mass is 10.2. The van der Waals surface area contributed by atoms with Crippen molar-refractivity contribution in [3.05, 3.63) is 29.6 Å². The molecule has 6 heteroatoms. The molecular weight excluding hydrogens is 260 g/mol. The zero-order valence-electron chi connectivity index (χ0n) is 11.7. The Bertz CT molecular complexity index is 504. The van der Waals surface area contributed by atoms with Gasteiger partial charge in [-0.25, -0.2) is 9.78 Å². The van der Waals surface area contributed by atoms with Crippen LogP contribution in [0.15, 0.2) is 18.2 Å². The molecule has 6 nitrogen and oxygen atoms in total. The molecule has 0 aromatic carbocycles. The van der Waals surface area contributed by atoms with E-state index in [0.717, 1.165) is 25.1 Å². The minimum Gasteiger partial charge on any atom is -0.468 e. The van der Waals surface area contributed by atoms with Gasteiger partial charge < -0.3 is 9.47 Å². The maximum absolute atomic E-state index is 11.7. The van der Waals surface area contributed by atoms with E-state index in [4.69, 9.17) is 4.74 Å². The van der Waals surface area contributed by atoms with Gasteiger partial charge in [0, 0.05) is 6.54 Å². The van der Waals surface area contributed by atoms with Crippen molar-refractivity contribution < 1.29 is 19.1 Å². The fourth-order valence-electron chi connectivity index (χ4n) is 2.41. The van der Waals surface area contributed by atoms with E-state index in [-0.39, 0.29) is 17.7 Å². The van der Waals surface area contributed by atoms with Crippen LogP contribution in [0.2, 0.25) is 0 Å². The molecule has 1 aromatic rings. The normalized spacial score (nSPS) is 18.8. The van der Waals surface area contributed by atoms with Crippen LogP contribution in [0.5, 0.6) is 0 Å². The zero-order chi connectivity index (χ0) is 14.5. The second-order valence-corrected chi connectivity index (χ2v) is 4.66. The predicted octanol–water partition coefficient (Wildman–Crippen LogP) is 1.01. The summed E-state index contributed by atoms with van der Waals surface area (Å²) >= 11 is 0. The van der Waals surface area contributed by atoms with Crippen molar-refractivity contribution in [2.24, 2.45) is 0 Å². The second kappa shape index (κ2) is 6.47. The first-order chi connectivity index (χ1) is 9.65. The van der Waals surface area contributed by atoms with Crippen LogP contribution in [0.4, 0.5) is 0 Å². The van der Waals surface area contributed by atoms with E-state index in [1.54, 1.807) is 12.1 Å². The lowest BCUT2D eigenvalue weighted by Crippen LogP contribution is -2.36. The Morgan fingerprint density at radius 3 is 2.85 bits per heavy atom. The SMILES string of the molecule is COC(=O)c1cccc(CN2CCCC2C(=O)OC)n1. The molecule has 20 heavy (non-hydrogen) atoms. The molecule has 1 atom stereocenters. The van der Waals surface area contributed by atoms with Crippen molar-refractivity contribution in [3.63, 3.8) is 0 Å². The number of carbonyl (C=O) groups excluding carboxylic acids is 2. The summed E-state index contributed by atoms with van der Waals surface area (Å²) in [6.07, 6.45) is 1.75. The molecule has 1 aromatic heterocycles. The number of nitrogens with zero attached hydrogens (tertiary/aromatic N) is 2. The van der Waals surface area contributed by atoms with Crippen LogP contribution >= 0.6 is 0 Å². The van der Waals surface area contributed by atoms with E-state index in [1.165, 1.54) is 14.2 Å². The highest BCUT2D eigenvalue weighted by Gasteiger charge is 2.31. The number of likely N-dealkylation sites (tertiary alicyclic amines) is 1. The van der Waals surface area contributed by atoms with Crippen LogP contribution in [-0.2, 0) is 20.8 Å². The Hall–Kier alpha value is -1.95. The summed E-state index contributed by atoms with van der Waals surface area (Å²) in [6, 6.07) is 4.98. The average Bonchev–Trinajstić information content (AvgIpc) is 2.94. The molecule has 108 valence electrons. The van der Waals surface area contributed by atoms with Crippen LogP contribution in [0.1, 0.15) is 29.0 Å². The monoisotopic (exact) mass is 278 g/mol. The standard InChI is InChI=1S/C14H18N2O4/c1-19-13(17)11-6-3-5-10(15-11)9-16-8-4-7-12(16)14(18)20-2/h3,5-6,12H,4,7-9H2,1-2H3. The van der Waals surface area contributed by atoms with E-state index in [2.05, 4.69) is 9.72 Å². The van der Waals surface area contributed by atoms with Crippen LogP contribution < -0.4 is 0 Å². The molecule has 0 saturated carbocycles. The molecule has 2 heterocycles. The number of rotatable bonds is 4. The van der Waals surface area contributed by atoms with Gasteiger partial charge in [0.25, 0.3) is 0 Å². The number of esters is 2. The van der Waals surface area contributed by atoms with Gasteiger partial charge in [0.05, 0.1) is 19.9 Å². The molecule has 1 saturated heterocycles. The van der Waals surface area contributed by atoms with Gasteiger partial charge in [0.1, 0.15) is 11.7 Å². The Morgan fingerprint density at radius 1 is 1.35 bits per heavy atom. The summed E-state index contributed by atoms with van der Waals surface area (Å²) in [5.41, 5.74) is 1.02. The molecule has 1 aliphatic rings. The molecule has 2 rings (SSSR count). The first-order valence-corrected chi connectivity index (χ1v) is 6.52. The summed E-state index contributed by atoms with van der Waals surface area (Å²) in [5, 5.41) is 0. The highest BCUT2D eigenvalue weighted by molar-refractivity contribution is 5.87. The maximum atomic E-state index is 11.7. The third kappa shape index (κ3) is 3.14. The van der Waals surface area contributed by atoms with Gasteiger partial charge in [0.2, 0.25) is 0 Å². The third-order valence-corrected chi connectivity index (χ3v) is 3.40. The molecule has 0 N–H and O–H groups in total. The molecule has 0 amide bonds. The summed E-state index contributed by atoms with van der Waals surface area (Å²) in [5.74, 6) is -0.676. The Balaban J connectivity index is 2.09. The fourth-order valence-corrected chi connectivity index (χ4v) is 2.41. The van der Waals surface area contributed by atoms with E-state index >= 15 is 0 Å². The molecule has 1 aliphatic heterocycles. The predicted molar refractivity (Wildman–Crippen MR) is 71.0 cm³/mol. The lowest BCUT2D eigenvalue weighted by Gasteiger charge is -2.21. The van der Waals surface area contributed by atoms with Gasteiger partial charge in [0.15, 0.2) is 0 Å². The number of carbonyl (C=O) groups is 2. The molecule has 0 aliphatic carbocycles. The third-order valence-electron chi connectivity index (χ3n) is 3.40. The lowest BCUT2D eigenvalue weighted by molar-refractivity contribution is -0.146. The number of ether oxygens (including phenoxy) is 2. The first kappa shape index (κ1) is 14.5. The Labute approximate surface area is 117 Å². The summed E-state index contributed by atoms with van der Waals surface area (Å²) < 4.78 is 9.46. The molecule has 1 fully saturated rings. The van der Waals surface area contributed by atoms with E-state index in [9.17, 15) is 9.59 Å². The molecular formula is C14H18N2O4. The Kier molecular flexibility index (Phi) is 4.68. The highest BCUT2D eigenvalue weighted by Crippen LogP contribution is 2.20. The summed E-state index contributed by atoms with van der Waals surface area (Å²) in [4.78, 5) is 29.4. The number of methoxy groups -OCH3 is 2. The van der Waals surface area contributed by atoms with Crippen molar-refractivity contribution in [2.45, 2.75) is 25.4 Å². The van der Waals surface area contributed by atoms with Crippen molar-refractivity contribution in [1.29, 1.82) is 0 Å². The smallest absolute Gasteiger partial charge is 0.356 e. The van der Waals surface area contributed by atoms with Crippen molar-refractivity contribution in [1.82, 2.24) is 9.88 Å². The van der Waals surface area contributed by atoms with E-state index in [0.29, 0.717) is 6.54 Å². The highest BCUT2D eigenvalue weighted by atomic mass is 16.5. The van der Waals surface area contributed by atoms with Gasteiger partial charge in [-0.2, -0.15) is 0 Å².